The Balaban J connectivity index is 2.23. The molecule has 0 aliphatic heterocycles. The maximum Gasteiger partial charge on any atom is 0.187 e. The fraction of sp³-hybridized carbons (Fsp3) is 0.524. The predicted octanol–water partition coefficient (Wildman–Crippen LogP) is 5.09. The average Bonchev–Trinajstić information content (AvgIpc) is 3.29. The van der Waals surface area contributed by atoms with Crippen LogP contribution in [0, 0.1) is 0 Å². The molecule has 25 heavy (non-hydrogen) atoms. The highest BCUT2D eigenvalue weighted by Gasteiger charge is 2.74. The zero-order valence-electron chi connectivity index (χ0n) is 15.4. The van der Waals surface area contributed by atoms with E-state index in [-0.39, 0.29) is 0 Å². The number of benzene rings is 1. The molecule has 2 atom stereocenters. The average molecular weight is 363 g/mol. The van der Waals surface area contributed by atoms with Gasteiger partial charge in [-0.2, -0.15) is 0 Å². The topological polar surface area (TPSA) is 43.4 Å². The first-order valence-electron chi connectivity index (χ1n) is 9.13. The summed E-state index contributed by atoms with van der Waals surface area (Å²) >= 11 is 0. The van der Waals surface area contributed by atoms with Gasteiger partial charge in [-0.3, -0.25) is 0 Å². The molecule has 4 heteroatoms. The molecular weight excluding hydrogens is 332 g/mol. The van der Waals surface area contributed by atoms with Gasteiger partial charge in [0.1, 0.15) is 10.3 Å². The van der Waals surface area contributed by atoms with Gasteiger partial charge in [0.15, 0.2) is 9.84 Å². The lowest BCUT2D eigenvalue weighted by molar-refractivity contribution is 0.110. The van der Waals surface area contributed by atoms with Crippen LogP contribution >= 0.6 is 0 Å². The molecule has 0 saturated heterocycles. The first-order valence-corrected chi connectivity index (χ1v) is 10.6. The van der Waals surface area contributed by atoms with Gasteiger partial charge >= 0.3 is 0 Å². The second-order valence-corrected chi connectivity index (χ2v) is 9.09. The van der Waals surface area contributed by atoms with Crippen LogP contribution in [0.1, 0.15) is 51.9 Å². The van der Waals surface area contributed by atoms with Gasteiger partial charge in [0.25, 0.3) is 0 Å². The highest BCUT2D eigenvalue weighted by atomic mass is 32.2. The van der Waals surface area contributed by atoms with Crippen molar-refractivity contribution in [1.82, 2.24) is 0 Å². The number of unbranched alkanes of at least 4 members (excludes halogenated alkanes) is 4. The largest absolute Gasteiger partial charge is 0.372 e. The van der Waals surface area contributed by atoms with E-state index in [0.717, 1.165) is 12.8 Å². The molecule has 3 nitrogen and oxygen atoms in total. The van der Waals surface area contributed by atoms with E-state index in [9.17, 15) is 8.42 Å². The molecule has 1 aromatic carbocycles. The number of sulfone groups is 1. The summed E-state index contributed by atoms with van der Waals surface area (Å²) in [6, 6.07) is 8.66. The molecule has 0 N–H and O–H groups in total. The Morgan fingerprint density at radius 1 is 1.20 bits per heavy atom. The number of hydrogen-bond acceptors (Lipinski definition) is 3. The lowest BCUT2D eigenvalue weighted by atomic mass is 10.1. The van der Waals surface area contributed by atoms with Crippen LogP contribution in [0.3, 0.4) is 0 Å². The molecule has 0 amide bonds. The summed E-state index contributed by atoms with van der Waals surface area (Å²) in [5.74, 6) is 0. The van der Waals surface area contributed by atoms with Crippen LogP contribution in [0.2, 0.25) is 0 Å². The molecule has 138 valence electrons. The van der Waals surface area contributed by atoms with Crippen LogP contribution in [0.25, 0.3) is 0 Å². The van der Waals surface area contributed by atoms with E-state index in [1.165, 1.54) is 19.3 Å². The van der Waals surface area contributed by atoms with E-state index in [0.29, 0.717) is 17.7 Å². The SMILES string of the molecule is C=CCC1(S(=O)(=O)c2ccccc2)CC1(/C=C/CCCCCC)OC. The van der Waals surface area contributed by atoms with Crippen LogP contribution < -0.4 is 0 Å². The van der Waals surface area contributed by atoms with Crippen LogP contribution in [0.4, 0.5) is 0 Å². The summed E-state index contributed by atoms with van der Waals surface area (Å²) in [7, 11) is -1.90. The van der Waals surface area contributed by atoms with Gasteiger partial charge in [-0.15, -0.1) is 6.58 Å². The van der Waals surface area contributed by atoms with Gasteiger partial charge in [-0.25, -0.2) is 8.42 Å². The zero-order chi connectivity index (χ0) is 18.4. The molecule has 1 aliphatic rings. The standard InChI is InChI=1S/C21H30O3S/c1-4-6-7-8-9-13-17-20(24-3)18-21(20,16-5-2)25(22,23)19-14-11-10-12-15-19/h5,10-15,17H,2,4,6-9,16,18H2,1,3H3/b17-13+. The number of ether oxygens (including phenoxy) is 1. The molecule has 2 rings (SSSR count). The van der Waals surface area contributed by atoms with Crippen LogP contribution in [0.5, 0.6) is 0 Å². The summed E-state index contributed by atoms with van der Waals surface area (Å²) < 4.78 is 31.4. The minimum absolute atomic E-state index is 0.354. The minimum atomic E-state index is -3.51. The maximum atomic E-state index is 13.3. The predicted molar refractivity (Wildman–Crippen MR) is 103 cm³/mol. The van der Waals surface area contributed by atoms with Crippen molar-refractivity contribution >= 4 is 9.84 Å². The number of hydrogen-bond donors (Lipinski definition) is 0. The van der Waals surface area contributed by atoms with Crippen molar-refractivity contribution in [3.05, 3.63) is 55.1 Å². The number of allylic oxidation sites excluding steroid dienone is 2. The van der Waals surface area contributed by atoms with Crippen molar-refractivity contribution in [3.8, 4) is 0 Å². The van der Waals surface area contributed by atoms with E-state index in [1.807, 2.05) is 12.1 Å². The van der Waals surface area contributed by atoms with Crippen LogP contribution in [-0.2, 0) is 14.6 Å². The van der Waals surface area contributed by atoms with Crippen molar-refractivity contribution in [1.29, 1.82) is 0 Å². The Labute approximate surface area is 152 Å². The maximum absolute atomic E-state index is 13.3. The molecule has 2 unspecified atom stereocenters. The van der Waals surface area contributed by atoms with Gasteiger partial charge in [0.2, 0.25) is 0 Å². The van der Waals surface area contributed by atoms with Crippen LogP contribution in [0.15, 0.2) is 60.0 Å². The molecular formula is C21H30O3S. The summed E-state index contributed by atoms with van der Waals surface area (Å²) in [6.07, 6.45) is 12.4. The van der Waals surface area contributed by atoms with E-state index >= 15 is 0 Å². The smallest absolute Gasteiger partial charge is 0.187 e. The first-order chi connectivity index (χ1) is 12.0. The highest BCUT2D eigenvalue weighted by Crippen LogP contribution is 2.61. The number of methoxy groups -OCH3 is 1. The highest BCUT2D eigenvalue weighted by molar-refractivity contribution is 7.93. The van der Waals surface area contributed by atoms with E-state index < -0.39 is 20.2 Å². The van der Waals surface area contributed by atoms with Gasteiger partial charge in [-0.05, 0) is 31.4 Å². The van der Waals surface area contributed by atoms with Crippen molar-refractivity contribution < 1.29 is 13.2 Å². The molecule has 0 heterocycles. The monoisotopic (exact) mass is 362 g/mol. The molecule has 1 aromatic rings. The van der Waals surface area contributed by atoms with Crippen molar-refractivity contribution in [3.63, 3.8) is 0 Å². The third kappa shape index (κ3) is 3.75. The quantitative estimate of drug-likeness (QED) is 0.407. The Hall–Kier alpha value is -1.39. The lowest BCUT2D eigenvalue weighted by Crippen LogP contribution is -2.34. The fourth-order valence-electron chi connectivity index (χ4n) is 3.62. The molecule has 0 bridgehead atoms. The Kier molecular flexibility index (Phi) is 6.64. The van der Waals surface area contributed by atoms with E-state index in [1.54, 1.807) is 37.5 Å². The van der Waals surface area contributed by atoms with Gasteiger partial charge in [0.05, 0.1) is 4.90 Å². The van der Waals surface area contributed by atoms with E-state index in [4.69, 9.17) is 4.74 Å². The van der Waals surface area contributed by atoms with Gasteiger partial charge in [0, 0.05) is 13.5 Å². The number of rotatable bonds is 11. The Morgan fingerprint density at radius 2 is 1.92 bits per heavy atom. The summed E-state index contributed by atoms with van der Waals surface area (Å²) in [4.78, 5) is 0.354. The van der Waals surface area contributed by atoms with Gasteiger partial charge in [-0.1, -0.05) is 62.6 Å². The van der Waals surface area contributed by atoms with Crippen molar-refractivity contribution in [2.24, 2.45) is 0 Å². The van der Waals surface area contributed by atoms with E-state index in [2.05, 4.69) is 19.6 Å². The molecule has 0 spiro atoms. The van der Waals surface area contributed by atoms with Gasteiger partial charge < -0.3 is 4.74 Å². The lowest BCUT2D eigenvalue weighted by Gasteiger charge is -2.22. The molecule has 1 fully saturated rings. The first kappa shape index (κ1) is 19.9. The third-order valence-corrected chi connectivity index (χ3v) is 7.79. The zero-order valence-corrected chi connectivity index (χ0v) is 16.2. The minimum Gasteiger partial charge on any atom is -0.372 e. The molecule has 1 aliphatic carbocycles. The third-order valence-electron chi connectivity index (χ3n) is 5.21. The Bertz CT molecular complexity index is 693. The summed E-state index contributed by atoms with van der Waals surface area (Å²) in [6.45, 7) is 5.97. The fourth-order valence-corrected chi connectivity index (χ4v) is 5.93. The Morgan fingerprint density at radius 3 is 2.52 bits per heavy atom. The second kappa shape index (κ2) is 8.33. The molecule has 0 aromatic heterocycles. The second-order valence-electron chi connectivity index (χ2n) is 6.83. The molecule has 0 radical (unpaired) electrons. The summed E-state index contributed by atoms with van der Waals surface area (Å²) in [5, 5.41) is 0. The van der Waals surface area contributed by atoms with Crippen molar-refractivity contribution in [2.75, 3.05) is 7.11 Å². The van der Waals surface area contributed by atoms with Crippen molar-refractivity contribution in [2.45, 2.75) is 67.1 Å². The normalized spacial score (nSPS) is 26.0. The molecule has 1 saturated carbocycles. The van der Waals surface area contributed by atoms with Crippen LogP contribution in [-0.4, -0.2) is 25.9 Å². The summed E-state index contributed by atoms with van der Waals surface area (Å²) in [5.41, 5.74) is -0.749.